The van der Waals surface area contributed by atoms with Crippen molar-refractivity contribution < 1.29 is 4.79 Å². The first-order chi connectivity index (χ1) is 12.6. The van der Waals surface area contributed by atoms with Crippen LogP contribution in [0.1, 0.15) is 49.9 Å². The minimum absolute atomic E-state index is 0.117. The summed E-state index contributed by atoms with van der Waals surface area (Å²) in [6, 6.07) is 10.0. The Balaban J connectivity index is 1.59. The van der Waals surface area contributed by atoms with Crippen molar-refractivity contribution >= 4 is 5.91 Å². The van der Waals surface area contributed by atoms with Crippen LogP contribution in [-0.2, 0) is 23.2 Å². The van der Waals surface area contributed by atoms with E-state index in [0.29, 0.717) is 0 Å². The van der Waals surface area contributed by atoms with E-state index in [1.165, 1.54) is 0 Å². The first kappa shape index (κ1) is 17.2. The molecule has 1 atom stereocenters. The SMILES string of the molecule is CC(C)C(NC(=O)C1(c2ccccc2)CC1)c1nnc2n1CCNCC2. The lowest BCUT2D eigenvalue weighted by Crippen LogP contribution is -2.40. The van der Waals surface area contributed by atoms with Gasteiger partial charge in [-0.2, -0.15) is 0 Å². The summed E-state index contributed by atoms with van der Waals surface area (Å²) < 4.78 is 2.19. The number of amides is 1. The standard InChI is InChI=1S/C20H27N5O/c1-14(2)17(18-24-23-16-8-11-21-12-13-25(16)18)22-19(26)20(9-10-20)15-6-4-3-5-7-15/h3-7,14,17,21H,8-13H2,1-2H3,(H,22,26). The van der Waals surface area contributed by atoms with Crippen molar-refractivity contribution in [1.29, 1.82) is 0 Å². The molecule has 26 heavy (non-hydrogen) atoms. The first-order valence-corrected chi connectivity index (χ1v) is 9.61. The van der Waals surface area contributed by atoms with Crippen LogP contribution in [0, 0.1) is 5.92 Å². The lowest BCUT2D eigenvalue weighted by molar-refractivity contribution is -0.124. The summed E-state index contributed by atoms with van der Waals surface area (Å²) in [4.78, 5) is 13.2. The van der Waals surface area contributed by atoms with Crippen LogP contribution in [0.4, 0.5) is 0 Å². The molecule has 6 heteroatoms. The number of nitrogens with one attached hydrogen (secondary N) is 2. The molecule has 2 aliphatic rings. The summed E-state index contributed by atoms with van der Waals surface area (Å²) in [6.07, 6.45) is 2.70. The number of rotatable bonds is 5. The lowest BCUT2D eigenvalue weighted by atomic mass is 9.93. The fraction of sp³-hybridized carbons (Fsp3) is 0.550. The Morgan fingerprint density at radius 3 is 2.65 bits per heavy atom. The van der Waals surface area contributed by atoms with Crippen molar-refractivity contribution in [1.82, 2.24) is 25.4 Å². The Bertz CT molecular complexity index is 779. The van der Waals surface area contributed by atoms with Gasteiger partial charge in [-0.15, -0.1) is 10.2 Å². The fourth-order valence-electron chi connectivity index (χ4n) is 3.86. The van der Waals surface area contributed by atoms with E-state index >= 15 is 0 Å². The van der Waals surface area contributed by atoms with Crippen LogP contribution in [0.25, 0.3) is 0 Å². The predicted molar refractivity (Wildman–Crippen MR) is 99.7 cm³/mol. The molecule has 1 aliphatic heterocycles. The maximum atomic E-state index is 13.2. The minimum atomic E-state index is -0.363. The normalized spacial score (nSPS) is 19.5. The molecule has 1 unspecified atom stereocenters. The van der Waals surface area contributed by atoms with Crippen LogP contribution >= 0.6 is 0 Å². The highest BCUT2D eigenvalue weighted by Gasteiger charge is 2.51. The van der Waals surface area contributed by atoms with E-state index in [1.54, 1.807) is 0 Å². The van der Waals surface area contributed by atoms with Gasteiger partial charge >= 0.3 is 0 Å². The number of nitrogens with zero attached hydrogens (tertiary/aromatic N) is 3. The van der Waals surface area contributed by atoms with Crippen molar-refractivity contribution in [2.45, 2.75) is 51.1 Å². The van der Waals surface area contributed by atoms with E-state index in [9.17, 15) is 4.79 Å². The summed E-state index contributed by atoms with van der Waals surface area (Å²) >= 11 is 0. The number of benzene rings is 1. The zero-order valence-corrected chi connectivity index (χ0v) is 15.5. The number of hydrogen-bond donors (Lipinski definition) is 2. The van der Waals surface area contributed by atoms with Crippen molar-refractivity contribution in [2.24, 2.45) is 5.92 Å². The largest absolute Gasteiger partial charge is 0.345 e. The number of hydrogen-bond acceptors (Lipinski definition) is 4. The van der Waals surface area contributed by atoms with Crippen LogP contribution in [0.15, 0.2) is 30.3 Å². The topological polar surface area (TPSA) is 71.8 Å². The second kappa shape index (κ2) is 6.83. The summed E-state index contributed by atoms with van der Waals surface area (Å²) in [5.41, 5.74) is 0.752. The molecule has 0 bridgehead atoms. The highest BCUT2D eigenvalue weighted by atomic mass is 16.2. The molecular weight excluding hydrogens is 326 g/mol. The van der Waals surface area contributed by atoms with Gasteiger partial charge in [0.2, 0.25) is 5.91 Å². The molecule has 138 valence electrons. The Morgan fingerprint density at radius 2 is 1.96 bits per heavy atom. The van der Waals surface area contributed by atoms with E-state index in [4.69, 9.17) is 0 Å². The molecule has 2 aromatic rings. The third-order valence-electron chi connectivity index (χ3n) is 5.64. The summed E-state index contributed by atoms with van der Waals surface area (Å²) in [6.45, 7) is 6.94. The molecule has 1 aliphatic carbocycles. The van der Waals surface area contributed by atoms with E-state index in [-0.39, 0.29) is 23.3 Å². The van der Waals surface area contributed by atoms with Gasteiger partial charge in [0.05, 0.1) is 11.5 Å². The Hall–Kier alpha value is -2.21. The van der Waals surface area contributed by atoms with Crippen molar-refractivity contribution in [2.75, 3.05) is 13.1 Å². The van der Waals surface area contributed by atoms with Gasteiger partial charge in [0.1, 0.15) is 5.82 Å². The lowest BCUT2D eigenvalue weighted by Gasteiger charge is -2.25. The van der Waals surface area contributed by atoms with Crippen LogP contribution in [0.5, 0.6) is 0 Å². The quantitative estimate of drug-likeness (QED) is 0.862. The van der Waals surface area contributed by atoms with Gasteiger partial charge in [0, 0.05) is 26.1 Å². The molecule has 1 aromatic heterocycles. The summed E-state index contributed by atoms with van der Waals surface area (Å²) in [5, 5.41) is 15.5. The molecule has 4 rings (SSSR count). The van der Waals surface area contributed by atoms with Crippen LogP contribution < -0.4 is 10.6 Å². The van der Waals surface area contributed by atoms with E-state index in [2.05, 4.69) is 51.4 Å². The smallest absolute Gasteiger partial charge is 0.231 e. The highest BCUT2D eigenvalue weighted by Crippen LogP contribution is 2.48. The number of carbonyl (C=O) groups excluding carboxylic acids is 1. The molecule has 6 nitrogen and oxygen atoms in total. The van der Waals surface area contributed by atoms with E-state index < -0.39 is 0 Å². The van der Waals surface area contributed by atoms with E-state index in [1.807, 2.05) is 18.2 Å². The van der Waals surface area contributed by atoms with E-state index in [0.717, 1.165) is 56.1 Å². The van der Waals surface area contributed by atoms with Crippen LogP contribution in [0.2, 0.25) is 0 Å². The Labute approximate surface area is 154 Å². The highest BCUT2D eigenvalue weighted by molar-refractivity contribution is 5.91. The third kappa shape index (κ3) is 3.03. The van der Waals surface area contributed by atoms with Gasteiger partial charge in [-0.05, 0) is 24.3 Å². The molecule has 0 radical (unpaired) electrons. The second-order valence-corrected chi connectivity index (χ2v) is 7.77. The minimum Gasteiger partial charge on any atom is -0.345 e. The van der Waals surface area contributed by atoms with Gasteiger partial charge in [0.15, 0.2) is 5.82 Å². The maximum absolute atomic E-state index is 13.2. The number of fused-ring (bicyclic) bond motifs is 1. The molecule has 1 amide bonds. The van der Waals surface area contributed by atoms with Gasteiger partial charge in [-0.1, -0.05) is 44.2 Å². The Kier molecular flexibility index (Phi) is 4.53. The van der Waals surface area contributed by atoms with Crippen molar-refractivity contribution in [3.8, 4) is 0 Å². The average molecular weight is 353 g/mol. The number of aromatic nitrogens is 3. The first-order valence-electron chi connectivity index (χ1n) is 9.61. The fourth-order valence-corrected chi connectivity index (χ4v) is 3.86. The maximum Gasteiger partial charge on any atom is 0.231 e. The average Bonchev–Trinajstić information content (AvgIpc) is 3.42. The zero-order chi connectivity index (χ0) is 18.1. The molecule has 1 aromatic carbocycles. The molecule has 0 saturated heterocycles. The predicted octanol–water partition coefficient (Wildman–Crippen LogP) is 1.97. The van der Waals surface area contributed by atoms with Crippen LogP contribution in [0.3, 0.4) is 0 Å². The summed E-state index contributed by atoms with van der Waals surface area (Å²) in [7, 11) is 0. The Morgan fingerprint density at radius 1 is 1.19 bits per heavy atom. The van der Waals surface area contributed by atoms with Gasteiger partial charge < -0.3 is 15.2 Å². The second-order valence-electron chi connectivity index (χ2n) is 7.77. The van der Waals surface area contributed by atoms with Gasteiger partial charge in [-0.3, -0.25) is 4.79 Å². The molecule has 2 heterocycles. The molecule has 0 spiro atoms. The zero-order valence-electron chi connectivity index (χ0n) is 15.5. The molecular formula is C20H27N5O. The number of carbonyl (C=O) groups is 1. The molecule has 1 saturated carbocycles. The third-order valence-corrected chi connectivity index (χ3v) is 5.64. The molecule has 1 fully saturated rings. The van der Waals surface area contributed by atoms with Crippen molar-refractivity contribution in [3.63, 3.8) is 0 Å². The monoisotopic (exact) mass is 353 g/mol. The van der Waals surface area contributed by atoms with Gasteiger partial charge in [-0.25, -0.2) is 0 Å². The van der Waals surface area contributed by atoms with Crippen molar-refractivity contribution in [3.05, 3.63) is 47.5 Å². The molecule has 2 N–H and O–H groups in total. The summed E-state index contributed by atoms with van der Waals surface area (Å²) in [5.74, 6) is 2.26. The van der Waals surface area contributed by atoms with Gasteiger partial charge in [0.25, 0.3) is 0 Å². The van der Waals surface area contributed by atoms with Crippen LogP contribution in [-0.4, -0.2) is 33.8 Å².